The maximum atomic E-state index is 11.1. The molecule has 1 unspecified atom stereocenters. The molecule has 14 heavy (non-hydrogen) atoms. The van der Waals surface area contributed by atoms with Crippen LogP contribution in [0.15, 0.2) is 0 Å². The number of hydrogen-bond donors (Lipinski definition) is 1. The van der Waals surface area contributed by atoms with Crippen molar-refractivity contribution in [2.45, 2.75) is 17.1 Å². The predicted molar refractivity (Wildman–Crippen MR) is 52.7 cm³/mol. The van der Waals surface area contributed by atoms with Gasteiger partial charge in [0, 0.05) is 0 Å². The molecule has 0 aromatic heterocycles. The van der Waals surface area contributed by atoms with Gasteiger partial charge in [-0.15, -0.1) is 0 Å². The minimum Gasteiger partial charge on any atom is -0.481 e. The molecule has 4 nitrogen and oxygen atoms in total. The fraction of sp³-hybridized carbons (Fsp3) is 0.714. The van der Waals surface area contributed by atoms with Gasteiger partial charge in [-0.2, -0.15) is 0 Å². The molecule has 0 aliphatic rings. The van der Waals surface area contributed by atoms with E-state index in [1.54, 1.807) is 0 Å². The monoisotopic (exact) mass is 262 g/mol. The Morgan fingerprint density at radius 3 is 2.29 bits per heavy atom. The van der Waals surface area contributed by atoms with Crippen molar-refractivity contribution in [2.75, 3.05) is 6.61 Å². The van der Waals surface area contributed by atoms with E-state index in [-0.39, 0.29) is 13.0 Å². The molecule has 0 aliphatic carbocycles. The maximum Gasteiger partial charge on any atom is 0.309 e. The van der Waals surface area contributed by atoms with Crippen LogP contribution >= 0.6 is 34.8 Å². The molecule has 0 aliphatic heterocycles. The van der Waals surface area contributed by atoms with Gasteiger partial charge in [0.25, 0.3) is 0 Å². The van der Waals surface area contributed by atoms with E-state index in [9.17, 15) is 9.59 Å². The van der Waals surface area contributed by atoms with Crippen LogP contribution in [0.3, 0.4) is 0 Å². The molecule has 0 aromatic carbocycles. The number of carboxylic acid groups (broad SMARTS) is 1. The lowest BCUT2D eigenvalue weighted by Gasteiger charge is -2.13. The van der Waals surface area contributed by atoms with Gasteiger partial charge < -0.3 is 9.84 Å². The first kappa shape index (κ1) is 13.8. The molecular formula is C7H9Cl3O4. The van der Waals surface area contributed by atoms with Crippen LogP contribution in [0.2, 0.25) is 0 Å². The first-order valence-electron chi connectivity index (χ1n) is 3.67. The van der Waals surface area contributed by atoms with E-state index in [1.807, 2.05) is 0 Å². The molecule has 82 valence electrons. The van der Waals surface area contributed by atoms with Crippen LogP contribution < -0.4 is 0 Å². The first-order valence-corrected chi connectivity index (χ1v) is 4.81. The molecule has 1 atom stereocenters. The Morgan fingerprint density at radius 2 is 1.93 bits per heavy atom. The molecule has 0 saturated heterocycles. The van der Waals surface area contributed by atoms with E-state index >= 15 is 0 Å². The Hall–Kier alpha value is -0.190. The summed E-state index contributed by atoms with van der Waals surface area (Å²) in [5.41, 5.74) is 0. The highest BCUT2D eigenvalue weighted by Gasteiger charge is 2.25. The number of carbonyl (C=O) groups is 2. The average Bonchev–Trinajstić information content (AvgIpc) is 1.97. The second kappa shape index (κ2) is 5.63. The molecule has 0 heterocycles. The lowest BCUT2D eigenvalue weighted by Crippen LogP contribution is -2.23. The van der Waals surface area contributed by atoms with Gasteiger partial charge in [0.1, 0.15) is 6.61 Å². The molecule has 0 spiro atoms. The maximum absolute atomic E-state index is 11.1. The summed E-state index contributed by atoms with van der Waals surface area (Å²) < 4.78 is 2.90. The molecular weight excluding hydrogens is 254 g/mol. The zero-order valence-electron chi connectivity index (χ0n) is 7.30. The molecule has 7 heteroatoms. The van der Waals surface area contributed by atoms with Gasteiger partial charge in [-0.1, -0.05) is 41.7 Å². The summed E-state index contributed by atoms with van der Waals surface area (Å²) in [6, 6.07) is 0. The summed E-state index contributed by atoms with van der Waals surface area (Å²) in [5.74, 6) is -2.53. The van der Waals surface area contributed by atoms with Crippen molar-refractivity contribution >= 4 is 46.7 Å². The van der Waals surface area contributed by atoms with Crippen LogP contribution in [-0.4, -0.2) is 27.4 Å². The van der Waals surface area contributed by atoms with Crippen molar-refractivity contribution in [3.05, 3.63) is 0 Å². The highest BCUT2D eigenvalue weighted by atomic mass is 35.6. The summed E-state index contributed by atoms with van der Waals surface area (Å²) in [4.78, 5) is 21.3. The SMILES string of the molecule is CC(CC(=O)O)C(=O)OCC(Cl)(Cl)Cl. The molecule has 0 aromatic rings. The third-order valence-corrected chi connectivity index (χ3v) is 1.59. The quantitative estimate of drug-likeness (QED) is 0.622. The first-order chi connectivity index (χ1) is 6.22. The van der Waals surface area contributed by atoms with Gasteiger partial charge in [-0.05, 0) is 0 Å². The second-order valence-corrected chi connectivity index (χ2v) is 5.24. The normalized spacial score (nSPS) is 13.4. The zero-order valence-corrected chi connectivity index (χ0v) is 9.57. The predicted octanol–water partition coefficient (Wildman–Crippen LogP) is 2.01. The third-order valence-electron chi connectivity index (χ3n) is 1.26. The van der Waals surface area contributed by atoms with Crippen LogP contribution in [0.25, 0.3) is 0 Å². The van der Waals surface area contributed by atoms with E-state index < -0.39 is 21.6 Å². The summed E-state index contributed by atoms with van der Waals surface area (Å²) in [7, 11) is 0. The lowest BCUT2D eigenvalue weighted by atomic mass is 10.1. The average molecular weight is 264 g/mol. The topological polar surface area (TPSA) is 63.6 Å². The van der Waals surface area contributed by atoms with Gasteiger partial charge in [0.15, 0.2) is 0 Å². The van der Waals surface area contributed by atoms with E-state index in [0.717, 1.165) is 0 Å². The molecule has 0 amide bonds. The number of halogens is 3. The highest BCUT2D eigenvalue weighted by molar-refractivity contribution is 6.67. The smallest absolute Gasteiger partial charge is 0.309 e. The Morgan fingerprint density at radius 1 is 1.43 bits per heavy atom. The van der Waals surface area contributed by atoms with Crippen LogP contribution in [0.4, 0.5) is 0 Å². The van der Waals surface area contributed by atoms with Crippen LogP contribution in [0, 0.1) is 5.92 Å². The molecule has 0 fully saturated rings. The Balaban J connectivity index is 3.91. The van der Waals surface area contributed by atoms with Crippen LogP contribution in [0.1, 0.15) is 13.3 Å². The second-order valence-electron chi connectivity index (χ2n) is 2.72. The van der Waals surface area contributed by atoms with Gasteiger partial charge >= 0.3 is 11.9 Å². The standard InChI is InChI=1S/C7H9Cl3O4/c1-4(2-5(11)12)6(13)14-3-7(8,9)10/h4H,2-3H2,1H3,(H,11,12). The summed E-state index contributed by atoms with van der Waals surface area (Å²) in [5, 5.41) is 8.37. The number of ether oxygens (including phenoxy) is 1. The molecule has 1 N–H and O–H groups in total. The minimum atomic E-state index is -1.67. The van der Waals surface area contributed by atoms with Gasteiger partial charge in [0.2, 0.25) is 3.79 Å². The number of hydrogen-bond acceptors (Lipinski definition) is 3. The Bertz CT molecular complexity index is 223. The number of esters is 1. The minimum absolute atomic E-state index is 0.307. The number of carbonyl (C=O) groups excluding carboxylic acids is 1. The van der Waals surface area contributed by atoms with Gasteiger partial charge in [-0.3, -0.25) is 9.59 Å². The van der Waals surface area contributed by atoms with Crippen molar-refractivity contribution in [2.24, 2.45) is 5.92 Å². The molecule has 0 bridgehead atoms. The Kier molecular flexibility index (Phi) is 5.56. The lowest BCUT2D eigenvalue weighted by molar-refractivity contribution is -0.152. The fourth-order valence-electron chi connectivity index (χ4n) is 0.640. The molecule has 0 saturated carbocycles. The number of rotatable bonds is 4. The molecule has 0 radical (unpaired) electrons. The number of alkyl halides is 3. The van der Waals surface area contributed by atoms with Gasteiger partial charge in [0.05, 0.1) is 12.3 Å². The van der Waals surface area contributed by atoms with E-state index in [0.29, 0.717) is 0 Å². The summed E-state index contributed by atoms with van der Waals surface area (Å²) in [6.45, 7) is 1.04. The third kappa shape index (κ3) is 7.24. The van der Waals surface area contributed by atoms with Crippen molar-refractivity contribution in [1.82, 2.24) is 0 Å². The number of aliphatic carboxylic acids is 1. The molecule has 0 rings (SSSR count). The fourth-order valence-corrected chi connectivity index (χ4v) is 0.804. The summed E-state index contributed by atoms with van der Waals surface area (Å²) >= 11 is 16.0. The highest BCUT2D eigenvalue weighted by Crippen LogP contribution is 2.26. The largest absolute Gasteiger partial charge is 0.481 e. The van der Waals surface area contributed by atoms with Crippen LogP contribution in [0.5, 0.6) is 0 Å². The van der Waals surface area contributed by atoms with Crippen molar-refractivity contribution in [3.8, 4) is 0 Å². The van der Waals surface area contributed by atoms with Crippen molar-refractivity contribution in [1.29, 1.82) is 0 Å². The Labute approximate surface area is 96.1 Å². The van der Waals surface area contributed by atoms with Crippen molar-refractivity contribution in [3.63, 3.8) is 0 Å². The van der Waals surface area contributed by atoms with E-state index in [2.05, 4.69) is 4.74 Å². The van der Waals surface area contributed by atoms with Gasteiger partial charge in [-0.25, -0.2) is 0 Å². The van der Waals surface area contributed by atoms with Crippen LogP contribution in [-0.2, 0) is 14.3 Å². The van der Waals surface area contributed by atoms with Crippen molar-refractivity contribution < 1.29 is 19.4 Å². The number of carboxylic acids is 1. The van der Waals surface area contributed by atoms with E-state index in [4.69, 9.17) is 39.9 Å². The van der Waals surface area contributed by atoms with E-state index in [1.165, 1.54) is 6.92 Å². The summed E-state index contributed by atoms with van der Waals surface area (Å²) in [6.07, 6.45) is -0.307. The zero-order chi connectivity index (χ0) is 11.4.